The van der Waals surface area contributed by atoms with E-state index in [1.165, 1.54) is 0 Å². The molecule has 0 saturated heterocycles. The summed E-state index contributed by atoms with van der Waals surface area (Å²) in [5, 5.41) is 16.9. The van der Waals surface area contributed by atoms with E-state index >= 15 is 0 Å². The molecule has 6 rings (SSSR count). The van der Waals surface area contributed by atoms with Crippen LogP contribution in [0.2, 0.25) is 0 Å². The van der Waals surface area contributed by atoms with Gasteiger partial charge in [0, 0.05) is 9.86 Å². The molecule has 2 heterocycles. The van der Waals surface area contributed by atoms with Crippen LogP contribution in [0.5, 0.6) is 5.88 Å². The van der Waals surface area contributed by atoms with E-state index in [-0.39, 0.29) is 5.56 Å². The minimum Gasteiger partial charge on any atom is -0.493 e. The quantitative estimate of drug-likeness (QED) is 0.311. The van der Waals surface area contributed by atoms with Crippen molar-refractivity contribution in [3.05, 3.63) is 102 Å². The molecule has 2 N–H and O–H groups in total. The highest BCUT2D eigenvalue weighted by Gasteiger charge is 2.35. The number of amides is 2. The number of aromatic amines is 1. The molecule has 0 spiro atoms. The molecule has 2 amide bonds. The molecule has 0 bridgehead atoms. The van der Waals surface area contributed by atoms with Gasteiger partial charge in [-0.15, -0.1) is 0 Å². The number of imide groups is 1. The van der Waals surface area contributed by atoms with Crippen molar-refractivity contribution in [2.75, 3.05) is 0 Å². The zero-order valence-corrected chi connectivity index (χ0v) is 19.5. The molecule has 3 aromatic carbocycles. The number of aromatic nitrogens is 2. The van der Waals surface area contributed by atoms with Crippen molar-refractivity contribution >= 4 is 44.7 Å². The van der Waals surface area contributed by atoms with Gasteiger partial charge in [-0.2, -0.15) is 10.1 Å². The first kappa shape index (κ1) is 21.2. The number of H-pyrrole nitrogens is 1. The lowest BCUT2D eigenvalue weighted by molar-refractivity contribution is 0.0616. The van der Waals surface area contributed by atoms with Crippen LogP contribution in [0.4, 0.5) is 0 Å². The molecule has 0 saturated carbocycles. The largest absolute Gasteiger partial charge is 0.493 e. The molecule has 0 unspecified atom stereocenters. The second-order valence-corrected chi connectivity index (χ2v) is 9.19. The number of carbonyl (C=O) groups excluding carboxylic acids is 2. The highest BCUT2D eigenvalue weighted by molar-refractivity contribution is 9.10. The Morgan fingerprint density at radius 1 is 0.857 bits per heavy atom. The molecule has 1 aliphatic carbocycles. The third-order valence-electron chi connectivity index (χ3n) is 6.35. The van der Waals surface area contributed by atoms with Gasteiger partial charge >= 0.3 is 5.69 Å². The summed E-state index contributed by atoms with van der Waals surface area (Å²) in [5.41, 5.74) is 1.04. The molecule has 1 aromatic heterocycles. The van der Waals surface area contributed by atoms with E-state index in [0.717, 1.165) is 44.6 Å². The number of halogens is 1. The van der Waals surface area contributed by atoms with Gasteiger partial charge < -0.3 is 5.11 Å². The highest BCUT2D eigenvalue weighted by atomic mass is 79.9. The van der Waals surface area contributed by atoms with Crippen LogP contribution in [0.3, 0.4) is 0 Å². The molecular formula is C25H15BrN4O5. The van der Waals surface area contributed by atoms with E-state index in [1.54, 1.807) is 36.4 Å². The molecule has 10 heteroatoms. The summed E-state index contributed by atoms with van der Waals surface area (Å²) < 4.78 is 1.65. The van der Waals surface area contributed by atoms with Gasteiger partial charge in [0.15, 0.2) is 0 Å². The Bertz CT molecular complexity index is 1690. The van der Waals surface area contributed by atoms with Gasteiger partial charge in [-0.25, -0.2) is 9.36 Å². The van der Waals surface area contributed by atoms with Crippen LogP contribution in [-0.2, 0) is 12.8 Å². The van der Waals surface area contributed by atoms with Gasteiger partial charge in [0.1, 0.15) is 5.56 Å². The highest BCUT2D eigenvalue weighted by Crippen LogP contribution is 2.38. The van der Waals surface area contributed by atoms with E-state index in [4.69, 9.17) is 0 Å². The molecule has 4 aromatic rings. The van der Waals surface area contributed by atoms with Gasteiger partial charge in [-0.05, 0) is 65.8 Å². The lowest BCUT2D eigenvalue weighted by Crippen LogP contribution is -2.37. The SMILES string of the molecule is O=C1c2ccc3c4c(ccc(c24)C(=O)N1/N=C/c1c(O)n(-c2ccc(Br)cc2)c(=O)[nH]c1=O)CC3. The number of aryl methyl sites for hydroxylation is 2. The lowest BCUT2D eigenvalue weighted by atomic mass is 9.92. The van der Waals surface area contributed by atoms with Crippen molar-refractivity contribution in [2.45, 2.75) is 12.8 Å². The van der Waals surface area contributed by atoms with Crippen molar-refractivity contribution < 1.29 is 14.7 Å². The third-order valence-corrected chi connectivity index (χ3v) is 6.88. The molecule has 172 valence electrons. The average molecular weight is 531 g/mol. The number of nitrogens with one attached hydrogen (secondary N) is 1. The number of benzene rings is 3. The van der Waals surface area contributed by atoms with Crippen molar-refractivity contribution in [1.82, 2.24) is 14.6 Å². The second-order valence-electron chi connectivity index (χ2n) is 8.27. The minimum absolute atomic E-state index is 0.296. The maximum Gasteiger partial charge on any atom is 0.335 e. The Hall–Kier alpha value is -4.31. The van der Waals surface area contributed by atoms with Crippen molar-refractivity contribution in [3.63, 3.8) is 0 Å². The maximum atomic E-state index is 13.2. The molecule has 0 fully saturated rings. The summed E-state index contributed by atoms with van der Waals surface area (Å²) in [7, 11) is 0. The summed E-state index contributed by atoms with van der Waals surface area (Å²) in [6, 6.07) is 13.6. The summed E-state index contributed by atoms with van der Waals surface area (Å²) in [5.74, 6) is -1.94. The zero-order valence-electron chi connectivity index (χ0n) is 17.9. The van der Waals surface area contributed by atoms with Crippen LogP contribution in [-0.4, -0.2) is 37.7 Å². The predicted molar refractivity (Wildman–Crippen MR) is 131 cm³/mol. The third kappa shape index (κ3) is 3.10. The Morgan fingerprint density at radius 3 is 2.06 bits per heavy atom. The Morgan fingerprint density at radius 2 is 1.46 bits per heavy atom. The fraction of sp³-hybridized carbons (Fsp3) is 0.0800. The maximum absolute atomic E-state index is 13.2. The topological polar surface area (TPSA) is 125 Å². The number of carbonyl (C=O) groups is 2. The van der Waals surface area contributed by atoms with E-state index in [9.17, 15) is 24.3 Å². The first-order valence-electron chi connectivity index (χ1n) is 10.7. The van der Waals surface area contributed by atoms with Gasteiger partial charge in [0.05, 0.1) is 23.0 Å². The van der Waals surface area contributed by atoms with Gasteiger partial charge in [-0.3, -0.25) is 19.4 Å². The Kier molecular flexibility index (Phi) is 4.61. The van der Waals surface area contributed by atoms with E-state index in [1.807, 2.05) is 12.1 Å². The van der Waals surface area contributed by atoms with Crippen LogP contribution in [0.15, 0.2) is 67.7 Å². The van der Waals surface area contributed by atoms with E-state index in [2.05, 4.69) is 26.0 Å². The molecule has 0 atom stereocenters. The summed E-state index contributed by atoms with van der Waals surface area (Å²) in [6.45, 7) is 0. The number of rotatable bonds is 3. The predicted octanol–water partition coefficient (Wildman–Crippen LogP) is 2.88. The fourth-order valence-electron chi connectivity index (χ4n) is 4.71. The second kappa shape index (κ2) is 7.60. The van der Waals surface area contributed by atoms with Gasteiger partial charge in [-0.1, -0.05) is 28.1 Å². The number of hydrazone groups is 1. The first-order valence-corrected chi connectivity index (χ1v) is 11.5. The van der Waals surface area contributed by atoms with Crippen LogP contribution < -0.4 is 11.2 Å². The molecule has 35 heavy (non-hydrogen) atoms. The Labute approximate surface area is 205 Å². The number of hydrogen-bond acceptors (Lipinski definition) is 6. The number of hydrogen-bond donors (Lipinski definition) is 2. The number of aromatic hydroxyl groups is 1. The monoisotopic (exact) mass is 530 g/mol. The lowest BCUT2D eigenvalue weighted by Gasteiger charge is -2.23. The summed E-state index contributed by atoms with van der Waals surface area (Å²) >= 11 is 3.30. The minimum atomic E-state index is -0.913. The average Bonchev–Trinajstić information content (AvgIpc) is 3.26. The molecule has 9 nitrogen and oxygen atoms in total. The fourth-order valence-corrected chi connectivity index (χ4v) is 4.98. The van der Waals surface area contributed by atoms with Crippen LogP contribution >= 0.6 is 15.9 Å². The van der Waals surface area contributed by atoms with Gasteiger partial charge in [0.2, 0.25) is 5.88 Å². The van der Waals surface area contributed by atoms with Crippen molar-refractivity contribution in [2.24, 2.45) is 5.10 Å². The smallest absolute Gasteiger partial charge is 0.335 e. The molecular weight excluding hydrogens is 516 g/mol. The summed E-state index contributed by atoms with van der Waals surface area (Å²) in [6.07, 6.45) is 2.62. The van der Waals surface area contributed by atoms with Crippen molar-refractivity contribution in [3.8, 4) is 11.6 Å². The molecule has 0 radical (unpaired) electrons. The standard InChI is InChI=1S/C25H15BrN4O5/c26-14-5-7-15(8-6-14)29-22(32)18(21(31)28-25(29)35)11-27-30-23(33)16-9-3-12-1-2-13-4-10-17(24(30)34)20(16)19(12)13/h3-11,32H,1-2H2,(H,28,31,35)/b27-11+. The molecule has 2 aliphatic rings. The van der Waals surface area contributed by atoms with E-state index in [0.29, 0.717) is 27.2 Å². The first-order chi connectivity index (χ1) is 16.8. The van der Waals surface area contributed by atoms with E-state index < -0.39 is 28.9 Å². The van der Waals surface area contributed by atoms with Crippen LogP contribution in [0, 0.1) is 0 Å². The van der Waals surface area contributed by atoms with Crippen LogP contribution in [0.25, 0.3) is 16.5 Å². The van der Waals surface area contributed by atoms with Crippen molar-refractivity contribution in [1.29, 1.82) is 0 Å². The van der Waals surface area contributed by atoms with Gasteiger partial charge in [0.25, 0.3) is 17.4 Å². The number of nitrogens with zero attached hydrogens (tertiary/aromatic N) is 3. The normalized spacial score (nSPS) is 14.5. The van der Waals surface area contributed by atoms with Crippen LogP contribution in [0.1, 0.15) is 37.4 Å². The summed E-state index contributed by atoms with van der Waals surface area (Å²) in [4.78, 5) is 53.4. The Balaban J connectivity index is 1.45. The zero-order chi connectivity index (χ0) is 24.4. The molecule has 1 aliphatic heterocycles.